The Kier molecular flexibility index (Phi) is 4.31. The van der Waals surface area contributed by atoms with Crippen LogP contribution in [0.2, 0.25) is 0 Å². The first-order chi connectivity index (χ1) is 9.11. The van der Waals surface area contributed by atoms with Gasteiger partial charge in [0.25, 0.3) is 5.91 Å². The highest BCUT2D eigenvalue weighted by atomic mass is 19.1. The normalized spacial score (nSPS) is 19.5. The zero-order chi connectivity index (χ0) is 13.8. The van der Waals surface area contributed by atoms with Crippen LogP contribution in [0.25, 0.3) is 0 Å². The van der Waals surface area contributed by atoms with E-state index in [0.29, 0.717) is 19.7 Å². The fourth-order valence-corrected chi connectivity index (χ4v) is 2.29. The highest BCUT2D eigenvalue weighted by molar-refractivity contribution is 5.98. The van der Waals surface area contributed by atoms with Crippen molar-refractivity contribution in [1.29, 1.82) is 0 Å². The number of hydrogen-bond acceptors (Lipinski definition) is 4. The van der Waals surface area contributed by atoms with Crippen molar-refractivity contribution in [3.63, 3.8) is 0 Å². The maximum absolute atomic E-state index is 13.2. The number of carbonyl (C=O) groups is 1. The number of amides is 1. The van der Waals surface area contributed by atoms with E-state index in [0.717, 1.165) is 25.1 Å². The van der Waals surface area contributed by atoms with Gasteiger partial charge in [0.2, 0.25) is 0 Å². The summed E-state index contributed by atoms with van der Waals surface area (Å²) >= 11 is 0. The fraction of sp³-hybridized carbons (Fsp3) is 0.538. The van der Waals surface area contributed by atoms with Crippen LogP contribution in [0, 0.1) is 5.82 Å². The third kappa shape index (κ3) is 3.20. The summed E-state index contributed by atoms with van der Waals surface area (Å²) in [6.45, 7) is 3.70. The molecule has 1 fully saturated rings. The van der Waals surface area contributed by atoms with Crippen molar-refractivity contribution in [2.24, 2.45) is 0 Å². The van der Waals surface area contributed by atoms with Crippen molar-refractivity contribution in [2.45, 2.75) is 25.9 Å². The molecule has 2 rings (SSSR count). The molecule has 1 atom stereocenters. The van der Waals surface area contributed by atoms with Gasteiger partial charge in [-0.15, -0.1) is 0 Å². The lowest BCUT2D eigenvalue weighted by Crippen LogP contribution is -2.43. The van der Waals surface area contributed by atoms with Crippen molar-refractivity contribution in [3.05, 3.63) is 23.6 Å². The molecule has 2 heterocycles. The molecule has 1 unspecified atom stereocenters. The molecule has 1 aliphatic heterocycles. The first-order valence-electron chi connectivity index (χ1n) is 6.43. The third-order valence-electron chi connectivity index (χ3n) is 3.18. The number of piperidine rings is 1. The smallest absolute Gasteiger partial charge is 0.257 e. The zero-order valence-electron chi connectivity index (χ0n) is 10.9. The molecule has 0 spiro atoms. The number of nitrogen functional groups attached to an aromatic ring is 1. The molecule has 0 aliphatic carbocycles. The van der Waals surface area contributed by atoms with E-state index in [4.69, 9.17) is 10.5 Å². The zero-order valence-corrected chi connectivity index (χ0v) is 10.9. The Balaban J connectivity index is 2.12. The predicted octanol–water partition coefficient (Wildman–Crippen LogP) is 1.44. The van der Waals surface area contributed by atoms with E-state index in [1.807, 2.05) is 6.92 Å². The Morgan fingerprint density at radius 3 is 3.21 bits per heavy atom. The lowest BCUT2D eigenvalue weighted by Gasteiger charge is -2.32. The van der Waals surface area contributed by atoms with Gasteiger partial charge in [0.15, 0.2) is 0 Å². The minimum atomic E-state index is -0.559. The van der Waals surface area contributed by atoms with Gasteiger partial charge in [0.05, 0.1) is 17.9 Å². The lowest BCUT2D eigenvalue weighted by molar-refractivity contribution is 0.00725. The van der Waals surface area contributed by atoms with Gasteiger partial charge in [-0.05, 0) is 25.8 Å². The summed E-state index contributed by atoms with van der Waals surface area (Å²) in [5.41, 5.74) is 5.76. The van der Waals surface area contributed by atoms with Crippen LogP contribution in [0.1, 0.15) is 30.1 Å². The molecular weight excluding hydrogens is 249 g/mol. The van der Waals surface area contributed by atoms with Crippen LogP contribution in [0.5, 0.6) is 0 Å². The number of ether oxygens (including phenoxy) is 1. The quantitative estimate of drug-likeness (QED) is 0.900. The average molecular weight is 267 g/mol. The molecule has 1 aromatic rings. The van der Waals surface area contributed by atoms with Crippen LogP contribution in [-0.4, -0.2) is 41.6 Å². The number of rotatable bonds is 3. The fourth-order valence-electron chi connectivity index (χ4n) is 2.29. The first kappa shape index (κ1) is 13.7. The minimum absolute atomic E-state index is 0.0467. The summed E-state index contributed by atoms with van der Waals surface area (Å²) in [5, 5.41) is 0. The average Bonchev–Trinajstić information content (AvgIpc) is 2.41. The number of pyridine rings is 1. The van der Waals surface area contributed by atoms with E-state index < -0.39 is 5.82 Å². The monoisotopic (exact) mass is 267 g/mol. The Bertz CT molecular complexity index is 465. The SMILES string of the molecule is CCOC1CCCN(C(=O)c2cc(F)cnc2N)C1. The molecule has 1 aromatic heterocycles. The van der Waals surface area contributed by atoms with Gasteiger partial charge in [-0.1, -0.05) is 0 Å². The molecule has 0 radical (unpaired) electrons. The molecule has 1 saturated heterocycles. The summed E-state index contributed by atoms with van der Waals surface area (Å²) in [4.78, 5) is 17.6. The van der Waals surface area contributed by atoms with Gasteiger partial charge in [-0.3, -0.25) is 4.79 Å². The van der Waals surface area contributed by atoms with Crippen LogP contribution in [0.4, 0.5) is 10.2 Å². The van der Waals surface area contributed by atoms with Gasteiger partial charge < -0.3 is 15.4 Å². The number of aromatic nitrogens is 1. The standard InChI is InChI=1S/C13H18FN3O2/c1-2-19-10-4-3-5-17(8-10)13(18)11-6-9(14)7-16-12(11)15/h6-7,10H,2-5,8H2,1H3,(H2,15,16). The Morgan fingerprint density at radius 1 is 1.68 bits per heavy atom. The second-order valence-corrected chi connectivity index (χ2v) is 4.56. The van der Waals surface area contributed by atoms with Gasteiger partial charge in [-0.2, -0.15) is 0 Å². The maximum Gasteiger partial charge on any atom is 0.257 e. The lowest BCUT2D eigenvalue weighted by atomic mass is 10.1. The van der Waals surface area contributed by atoms with E-state index in [9.17, 15) is 9.18 Å². The van der Waals surface area contributed by atoms with Crippen molar-refractivity contribution in [2.75, 3.05) is 25.4 Å². The van der Waals surface area contributed by atoms with Crippen molar-refractivity contribution in [1.82, 2.24) is 9.88 Å². The van der Waals surface area contributed by atoms with E-state index in [1.54, 1.807) is 4.90 Å². The van der Waals surface area contributed by atoms with E-state index in [1.165, 1.54) is 0 Å². The van der Waals surface area contributed by atoms with Crippen LogP contribution in [-0.2, 0) is 4.74 Å². The van der Waals surface area contributed by atoms with Crippen LogP contribution < -0.4 is 5.73 Å². The predicted molar refractivity (Wildman–Crippen MR) is 69.2 cm³/mol. The molecule has 0 bridgehead atoms. The van der Waals surface area contributed by atoms with Crippen molar-refractivity contribution < 1.29 is 13.9 Å². The van der Waals surface area contributed by atoms with Crippen LogP contribution in [0.15, 0.2) is 12.3 Å². The molecule has 5 nitrogen and oxygen atoms in total. The topological polar surface area (TPSA) is 68.5 Å². The number of likely N-dealkylation sites (tertiary alicyclic amines) is 1. The molecular formula is C13H18FN3O2. The first-order valence-corrected chi connectivity index (χ1v) is 6.43. The van der Waals surface area contributed by atoms with Gasteiger partial charge in [-0.25, -0.2) is 9.37 Å². The number of carbonyl (C=O) groups excluding carboxylic acids is 1. The van der Waals surface area contributed by atoms with Crippen LogP contribution in [0.3, 0.4) is 0 Å². The van der Waals surface area contributed by atoms with Crippen LogP contribution >= 0.6 is 0 Å². The van der Waals surface area contributed by atoms with E-state index >= 15 is 0 Å². The molecule has 0 aromatic carbocycles. The molecule has 1 aliphatic rings. The molecule has 1 amide bonds. The highest BCUT2D eigenvalue weighted by Gasteiger charge is 2.26. The highest BCUT2D eigenvalue weighted by Crippen LogP contribution is 2.18. The molecule has 104 valence electrons. The Morgan fingerprint density at radius 2 is 2.47 bits per heavy atom. The summed E-state index contributed by atoms with van der Waals surface area (Å²) in [7, 11) is 0. The van der Waals surface area contributed by atoms with Gasteiger partial charge in [0, 0.05) is 19.7 Å². The number of nitrogens with zero attached hydrogens (tertiary/aromatic N) is 2. The number of anilines is 1. The summed E-state index contributed by atoms with van der Waals surface area (Å²) < 4.78 is 18.7. The van der Waals surface area contributed by atoms with Crippen molar-refractivity contribution >= 4 is 11.7 Å². The van der Waals surface area contributed by atoms with E-state index in [-0.39, 0.29) is 23.4 Å². The maximum atomic E-state index is 13.2. The summed E-state index contributed by atoms with van der Waals surface area (Å²) in [5.74, 6) is -0.783. The van der Waals surface area contributed by atoms with E-state index in [2.05, 4.69) is 4.98 Å². The van der Waals surface area contributed by atoms with Gasteiger partial charge >= 0.3 is 0 Å². The minimum Gasteiger partial charge on any atom is -0.383 e. The third-order valence-corrected chi connectivity index (χ3v) is 3.18. The molecule has 6 heteroatoms. The second kappa shape index (κ2) is 5.97. The van der Waals surface area contributed by atoms with Crippen molar-refractivity contribution in [3.8, 4) is 0 Å². The Labute approximate surface area is 111 Å². The molecule has 19 heavy (non-hydrogen) atoms. The Hall–Kier alpha value is -1.69. The number of hydrogen-bond donors (Lipinski definition) is 1. The number of nitrogens with two attached hydrogens (primary N) is 1. The summed E-state index contributed by atoms with van der Waals surface area (Å²) in [6, 6.07) is 1.13. The largest absolute Gasteiger partial charge is 0.383 e. The second-order valence-electron chi connectivity index (χ2n) is 4.56. The number of halogens is 1. The molecule has 2 N–H and O–H groups in total. The molecule has 0 saturated carbocycles. The van der Waals surface area contributed by atoms with Gasteiger partial charge in [0.1, 0.15) is 11.6 Å². The summed E-state index contributed by atoms with van der Waals surface area (Å²) in [6.07, 6.45) is 2.87.